The molecule has 4 heteroatoms. The molecule has 2 amide bonds. The second-order valence-corrected chi connectivity index (χ2v) is 7.14. The first kappa shape index (κ1) is 21.2. The van der Waals surface area contributed by atoms with Crippen LogP contribution in [0.5, 0.6) is 0 Å². The van der Waals surface area contributed by atoms with Crippen molar-refractivity contribution in [3.8, 4) is 0 Å². The number of carbonyl (C=O) groups is 2. The summed E-state index contributed by atoms with van der Waals surface area (Å²) < 4.78 is 0. The molecule has 4 nitrogen and oxygen atoms in total. The lowest BCUT2D eigenvalue weighted by Gasteiger charge is -2.25. The van der Waals surface area contributed by atoms with Crippen molar-refractivity contribution in [1.29, 1.82) is 0 Å². The molecule has 0 saturated heterocycles. The van der Waals surface area contributed by atoms with Gasteiger partial charge in [0.15, 0.2) is 0 Å². The van der Waals surface area contributed by atoms with Gasteiger partial charge in [-0.25, -0.2) is 0 Å². The van der Waals surface area contributed by atoms with E-state index >= 15 is 0 Å². The van der Waals surface area contributed by atoms with Crippen LogP contribution in [-0.4, -0.2) is 29.8 Å². The molecule has 1 aromatic rings. The van der Waals surface area contributed by atoms with Gasteiger partial charge in [0.05, 0.1) is 6.04 Å². The molecule has 0 heterocycles. The summed E-state index contributed by atoms with van der Waals surface area (Å²) in [5.74, 6) is 0.568. The molecule has 140 valence electrons. The van der Waals surface area contributed by atoms with Crippen LogP contribution in [0, 0.1) is 5.92 Å². The number of benzene rings is 1. The maximum absolute atomic E-state index is 12.4. The molecule has 1 rings (SSSR count). The molecule has 0 saturated carbocycles. The third kappa shape index (κ3) is 8.71. The second kappa shape index (κ2) is 11.7. The van der Waals surface area contributed by atoms with E-state index in [2.05, 4.69) is 26.1 Å². The fraction of sp³-hybridized carbons (Fsp3) is 0.619. The maximum atomic E-state index is 12.4. The van der Waals surface area contributed by atoms with Crippen LogP contribution in [0.1, 0.15) is 71.4 Å². The number of rotatable bonds is 11. The number of unbranched alkanes of at least 4 members (excludes halogenated alkanes) is 2. The molecule has 1 N–H and O–H groups in total. The minimum Gasteiger partial charge on any atom is -0.350 e. The Labute approximate surface area is 153 Å². The van der Waals surface area contributed by atoms with Crippen LogP contribution in [0.4, 0.5) is 0 Å². The summed E-state index contributed by atoms with van der Waals surface area (Å²) >= 11 is 0. The van der Waals surface area contributed by atoms with Gasteiger partial charge >= 0.3 is 0 Å². The van der Waals surface area contributed by atoms with Crippen molar-refractivity contribution in [3.05, 3.63) is 35.9 Å². The van der Waals surface area contributed by atoms with Crippen molar-refractivity contribution in [2.75, 3.05) is 13.1 Å². The van der Waals surface area contributed by atoms with Gasteiger partial charge in [0.1, 0.15) is 0 Å². The topological polar surface area (TPSA) is 49.4 Å². The van der Waals surface area contributed by atoms with Gasteiger partial charge < -0.3 is 10.2 Å². The van der Waals surface area contributed by atoms with E-state index in [9.17, 15) is 9.59 Å². The minimum absolute atomic E-state index is 0.00790. The summed E-state index contributed by atoms with van der Waals surface area (Å²) in [4.78, 5) is 26.5. The van der Waals surface area contributed by atoms with Gasteiger partial charge in [0.2, 0.25) is 11.8 Å². The summed E-state index contributed by atoms with van der Waals surface area (Å²) in [5, 5.41) is 3.02. The SMILES string of the molecule is CCCCCC(=O)N(CCC(=O)NC(C)c1ccccc1)CC(C)C. The number of nitrogens with one attached hydrogen (secondary N) is 1. The van der Waals surface area contributed by atoms with E-state index in [1.54, 1.807) is 0 Å². The van der Waals surface area contributed by atoms with Gasteiger partial charge in [-0.3, -0.25) is 9.59 Å². The fourth-order valence-corrected chi connectivity index (χ4v) is 2.82. The highest BCUT2D eigenvalue weighted by atomic mass is 16.2. The van der Waals surface area contributed by atoms with Crippen molar-refractivity contribution in [2.24, 2.45) is 5.92 Å². The van der Waals surface area contributed by atoms with E-state index in [1.165, 1.54) is 0 Å². The highest BCUT2D eigenvalue weighted by Crippen LogP contribution is 2.12. The van der Waals surface area contributed by atoms with Gasteiger partial charge in [-0.1, -0.05) is 63.9 Å². The standard InChI is InChI=1S/C21H34N2O2/c1-5-6-8-13-21(25)23(16-17(2)3)15-14-20(24)22-18(4)19-11-9-7-10-12-19/h7,9-12,17-18H,5-6,8,13-16H2,1-4H3,(H,22,24). The molecular weight excluding hydrogens is 312 g/mol. The molecule has 0 aliphatic carbocycles. The fourth-order valence-electron chi connectivity index (χ4n) is 2.82. The zero-order valence-corrected chi connectivity index (χ0v) is 16.3. The Kier molecular flexibility index (Phi) is 9.90. The van der Waals surface area contributed by atoms with E-state index in [-0.39, 0.29) is 17.9 Å². The van der Waals surface area contributed by atoms with Gasteiger partial charge in [-0.05, 0) is 24.8 Å². The smallest absolute Gasteiger partial charge is 0.222 e. The van der Waals surface area contributed by atoms with Crippen molar-refractivity contribution in [3.63, 3.8) is 0 Å². The average molecular weight is 347 g/mol. The van der Waals surface area contributed by atoms with Crippen LogP contribution in [0.25, 0.3) is 0 Å². The molecule has 0 fully saturated rings. The lowest BCUT2D eigenvalue weighted by atomic mass is 10.1. The summed E-state index contributed by atoms with van der Waals surface area (Å²) in [6.07, 6.45) is 4.06. The van der Waals surface area contributed by atoms with Crippen molar-refractivity contribution < 1.29 is 9.59 Å². The Morgan fingerprint density at radius 2 is 1.72 bits per heavy atom. The predicted octanol–water partition coefficient (Wildman–Crippen LogP) is 4.32. The number of hydrogen-bond donors (Lipinski definition) is 1. The van der Waals surface area contributed by atoms with E-state index in [0.29, 0.717) is 31.8 Å². The molecule has 0 aromatic heterocycles. The number of nitrogens with zero attached hydrogens (tertiary/aromatic N) is 1. The van der Waals surface area contributed by atoms with Crippen LogP contribution in [0.3, 0.4) is 0 Å². The largest absolute Gasteiger partial charge is 0.350 e. The van der Waals surface area contributed by atoms with Crippen LogP contribution in [0.2, 0.25) is 0 Å². The molecule has 25 heavy (non-hydrogen) atoms. The van der Waals surface area contributed by atoms with Gasteiger partial charge in [0, 0.05) is 25.9 Å². The average Bonchev–Trinajstić information content (AvgIpc) is 2.59. The Bertz CT molecular complexity index is 514. The number of carbonyl (C=O) groups excluding carboxylic acids is 2. The molecule has 0 radical (unpaired) electrons. The maximum Gasteiger partial charge on any atom is 0.222 e. The molecule has 0 aliphatic rings. The predicted molar refractivity (Wildman–Crippen MR) is 103 cm³/mol. The molecule has 0 spiro atoms. The summed E-state index contributed by atoms with van der Waals surface area (Å²) in [5.41, 5.74) is 1.09. The first-order chi connectivity index (χ1) is 11.9. The lowest BCUT2D eigenvalue weighted by Crippen LogP contribution is -2.37. The van der Waals surface area contributed by atoms with E-state index in [4.69, 9.17) is 0 Å². The molecule has 0 aliphatic heterocycles. The highest BCUT2D eigenvalue weighted by Gasteiger charge is 2.17. The van der Waals surface area contributed by atoms with Gasteiger partial charge in [0.25, 0.3) is 0 Å². The van der Waals surface area contributed by atoms with Gasteiger partial charge in [-0.15, -0.1) is 0 Å². The molecule has 1 atom stereocenters. The lowest BCUT2D eigenvalue weighted by molar-refractivity contribution is -0.132. The Morgan fingerprint density at radius 3 is 2.32 bits per heavy atom. The van der Waals surface area contributed by atoms with E-state index in [0.717, 1.165) is 24.8 Å². The van der Waals surface area contributed by atoms with Crippen LogP contribution in [0.15, 0.2) is 30.3 Å². The third-order valence-corrected chi connectivity index (χ3v) is 4.22. The molecule has 1 unspecified atom stereocenters. The van der Waals surface area contributed by atoms with Crippen molar-refractivity contribution in [1.82, 2.24) is 10.2 Å². The summed E-state index contributed by atoms with van der Waals surface area (Å²) in [6, 6.07) is 9.90. The number of hydrogen-bond acceptors (Lipinski definition) is 2. The third-order valence-electron chi connectivity index (χ3n) is 4.22. The Morgan fingerprint density at radius 1 is 1.04 bits per heavy atom. The van der Waals surface area contributed by atoms with Crippen LogP contribution >= 0.6 is 0 Å². The minimum atomic E-state index is -0.0208. The quantitative estimate of drug-likeness (QED) is 0.607. The van der Waals surface area contributed by atoms with E-state index in [1.807, 2.05) is 42.2 Å². The monoisotopic (exact) mass is 346 g/mol. The zero-order chi connectivity index (χ0) is 18.7. The number of amides is 2. The van der Waals surface area contributed by atoms with Crippen LogP contribution in [-0.2, 0) is 9.59 Å². The first-order valence-electron chi connectivity index (χ1n) is 9.56. The van der Waals surface area contributed by atoms with Gasteiger partial charge in [-0.2, -0.15) is 0 Å². The molecule has 1 aromatic carbocycles. The highest BCUT2D eigenvalue weighted by molar-refractivity contribution is 5.79. The normalized spacial score (nSPS) is 12.0. The van der Waals surface area contributed by atoms with E-state index < -0.39 is 0 Å². The van der Waals surface area contributed by atoms with Crippen molar-refractivity contribution in [2.45, 2.75) is 65.8 Å². The Hall–Kier alpha value is -1.84. The first-order valence-corrected chi connectivity index (χ1v) is 9.56. The molecular formula is C21H34N2O2. The molecule has 0 bridgehead atoms. The Balaban J connectivity index is 2.48. The van der Waals surface area contributed by atoms with Crippen LogP contribution < -0.4 is 5.32 Å². The summed E-state index contributed by atoms with van der Waals surface area (Å²) in [7, 11) is 0. The second-order valence-electron chi connectivity index (χ2n) is 7.14. The zero-order valence-electron chi connectivity index (χ0n) is 16.3. The van der Waals surface area contributed by atoms with Crippen molar-refractivity contribution >= 4 is 11.8 Å². The summed E-state index contributed by atoms with van der Waals surface area (Å²) in [6.45, 7) is 9.53.